The number of carbonyl (C=O) groups is 1. The molecule has 7 heteroatoms. The summed E-state index contributed by atoms with van der Waals surface area (Å²) in [6, 6.07) is 13.5. The summed E-state index contributed by atoms with van der Waals surface area (Å²) in [5.74, 6) is -0.232. The van der Waals surface area contributed by atoms with Crippen molar-refractivity contribution in [3.05, 3.63) is 84.0 Å². The number of benzene rings is 2. The van der Waals surface area contributed by atoms with Crippen LogP contribution in [0, 0.1) is 5.41 Å². The molecule has 5 N–H and O–H groups in total. The van der Waals surface area contributed by atoms with Crippen LogP contribution in [-0.4, -0.2) is 54.2 Å². The van der Waals surface area contributed by atoms with Crippen molar-refractivity contribution >= 4 is 29.2 Å². The largest absolute Gasteiger partial charge is 0.398 e. The molecule has 3 atom stereocenters. The minimum absolute atomic E-state index is 0.232. The van der Waals surface area contributed by atoms with Gasteiger partial charge in [-0.15, -0.1) is 0 Å². The van der Waals surface area contributed by atoms with Crippen molar-refractivity contribution in [3.63, 3.8) is 0 Å². The van der Waals surface area contributed by atoms with Crippen LogP contribution in [-0.2, 0) is 0 Å². The van der Waals surface area contributed by atoms with Crippen molar-refractivity contribution in [1.82, 2.24) is 5.32 Å². The highest BCUT2D eigenvalue weighted by Crippen LogP contribution is 2.32. The van der Waals surface area contributed by atoms with E-state index >= 15 is 0 Å². The number of nitrogens with two attached hydrogens (primary N) is 1. The van der Waals surface area contributed by atoms with Gasteiger partial charge >= 0.3 is 0 Å². The number of piperidine rings is 1. The molecule has 1 heterocycles. The highest BCUT2D eigenvalue weighted by molar-refractivity contribution is 6.15. The highest BCUT2D eigenvalue weighted by atomic mass is 16.3. The van der Waals surface area contributed by atoms with Crippen LogP contribution in [0.2, 0.25) is 0 Å². The van der Waals surface area contributed by atoms with Crippen molar-refractivity contribution in [2.75, 3.05) is 23.7 Å². The van der Waals surface area contributed by atoms with Crippen molar-refractivity contribution in [2.24, 2.45) is 4.99 Å². The Kier molecular flexibility index (Phi) is 10.2. The first-order valence-electron chi connectivity index (χ1n) is 13.0. The van der Waals surface area contributed by atoms with Crippen molar-refractivity contribution in [1.29, 1.82) is 5.41 Å². The second kappa shape index (κ2) is 13.6. The second-order valence-corrected chi connectivity index (χ2v) is 9.48. The number of amides is 1. The lowest BCUT2D eigenvalue weighted by molar-refractivity contribution is 0.0954. The van der Waals surface area contributed by atoms with Crippen LogP contribution in [0.15, 0.2) is 72.3 Å². The minimum Gasteiger partial charge on any atom is -0.398 e. The Morgan fingerprint density at radius 1 is 1.22 bits per heavy atom. The molecule has 0 aliphatic carbocycles. The van der Waals surface area contributed by atoms with Gasteiger partial charge in [0.2, 0.25) is 0 Å². The molecule has 0 radical (unpaired) electrons. The van der Waals surface area contributed by atoms with Gasteiger partial charge in [-0.1, -0.05) is 44.2 Å². The van der Waals surface area contributed by atoms with Crippen molar-refractivity contribution in [2.45, 2.75) is 57.7 Å². The van der Waals surface area contributed by atoms with E-state index in [1.165, 1.54) is 0 Å². The van der Waals surface area contributed by atoms with E-state index in [2.05, 4.69) is 35.6 Å². The number of nitrogens with zero attached hydrogens (tertiary/aromatic N) is 2. The molecular formula is C30H39N5O2. The van der Waals surface area contributed by atoms with Gasteiger partial charge in [-0.05, 0) is 62.6 Å². The van der Waals surface area contributed by atoms with Crippen LogP contribution in [0.1, 0.15) is 61.0 Å². The predicted molar refractivity (Wildman–Crippen MR) is 154 cm³/mol. The Morgan fingerprint density at radius 3 is 2.65 bits per heavy atom. The van der Waals surface area contributed by atoms with E-state index in [0.29, 0.717) is 35.9 Å². The van der Waals surface area contributed by atoms with E-state index in [-0.39, 0.29) is 23.8 Å². The molecule has 1 aliphatic rings. The third-order valence-corrected chi connectivity index (χ3v) is 6.65. The Morgan fingerprint density at radius 2 is 1.95 bits per heavy atom. The first-order chi connectivity index (χ1) is 17.8. The first-order valence-corrected chi connectivity index (χ1v) is 13.0. The van der Waals surface area contributed by atoms with E-state index in [1.54, 1.807) is 42.6 Å². The molecule has 37 heavy (non-hydrogen) atoms. The molecule has 3 rings (SSSR count). The Hall–Kier alpha value is -3.71. The van der Waals surface area contributed by atoms with Crippen LogP contribution in [0.5, 0.6) is 0 Å². The minimum atomic E-state index is -0.255. The van der Waals surface area contributed by atoms with Crippen molar-refractivity contribution < 1.29 is 9.90 Å². The SMILES string of the molecule is C=C/C=C\C=NCCNC(=O)c1ccc(N)c(C(=N)c2ccc(N3C(C)CC(O)CC3CCC)cc2)c1. The molecule has 0 spiro atoms. The molecule has 2 aromatic carbocycles. The number of nitrogen functional groups attached to an aromatic ring is 1. The summed E-state index contributed by atoms with van der Waals surface area (Å²) in [5, 5.41) is 21.9. The van der Waals surface area contributed by atoms with Crippen LogP contribution >= 0.6 is 0 Å². The van der Waals surface area contributed by atoms with Crippen molar-refractivity contribution in [3.8, 4) is 0 Å². The van der Waals surface area contributed by atoms with E-state index < -0.39 is 0 Å². The number of carbonyl (C=O) groups excluding carboxylic acids is 1. The predicted octanol–water partition coefficient (Wildman–Crippen LogP) is 4.75. The summed E-state index contributed by atoms with van der Waals surface area (Å²) in [6.45, 7) is 8.79. The molecule has 0 saturated carbocycles. The normalized spacial score (nSPS) is 19.9. The molecular weight excluding hydrogens is 462 g/mol. The smallest absolute Gasteiger partial charge is 0.251 e. The molecule has 1 fully saturated rings. The molecule has 1 aliphatic heterocycles. The number of hydrogen-bond donors (Lipinski definition) is 4. The zero-order chi connectivity index (χ0) is 26.8. The van der Waals surface area contributed by atoms with E-state index in [4.69, 9.17) is 11.1 Å². The average molecular weight is 502 g/mol. The summed E-state index contributed by atoms with van der Waals surface area (Å²) in [7, 11) is 0. The highest BCUT2D eigenvalue weighted by Gasteiger charge is 2.32. The van der Waals surface area contributed by atoms with Gasteiger partial charge in [0.25, 0.3) is 5.91 Å². The van der Waals surface area contributed by atoms with Gasteiger partial charge in [0, 0.05) is 52.9 Å². The zero-order valence-electron chi connectivity index (χ0n) is 21.9. The number of aliphatic imine (C=N–C) groups is 1. The monoisotopic (exact) mass is 501 g/mol. The lowest BCUT2D eigenvalue weighted by atomic mass is 9.90. The third kappa shape index (κ3) is 7.40. The maximum Gasteiger partial charge on any atom is 0.251 e. The third-order valence-electron chi connectivity index (χ3n) is 6.65. The zero-order valence-corrected chi connectivity index (χ0v) is 21.9. The summed E-state index contributed by atoms with van der Waals surface area (Å²) in [6.07, 6.45) is 10.3. The van der Waals surface area contributed by atoms with Gasteiger partial charge in [0.15, 0.2) is 0 Å². The molecule has 2 aromatic rings. The fourth-order valence-corrected chi connectivity index (χ4v) is 4.92. The van der Waals surface area contributed by atoms with Gasteiger partial charge in [-0.3, -0.25) is 15.2 Å². The van der Waals surface area contributed by atoms with Gasteiger partial charge in [-0.25, -0.2) is 0 Å². The maximum atomic E-state index is 12.6. The Bertz CT molecular complexity index is 1140. The molecule has 7 nitrogen and oxygen atoms in total. The summed E-state index contributed by atoms with van der Waals surface area (Å²) < 4.78 is 0. The fraction of sp³-hybridized carbons (Fsp3) is 0.367. The second-order valence-electron chi connectivity index (χ2n) is 9.48. The summed E-state index contributed by atoms with van der Waals surface area (Å²) >= 11 is 0. The standard InChI is InChI=1S/C30H39N5O2/c1-4-6-7-15-33-16-17-34-30(37)23-11-14-28(31)27(19-23)29(32)22-9-12-24(13-10-22)35-21(3)18-26(36)20-25(35)8-5-2/h4,6-7,9-15,19,21,25-26,32,36H,1,5,8,16-18,20,31H2,2-3H3,(H,34,37)/b7-6-,32-29?,33-15?. The molecule has 1 amide bonds. The van der Waals surface area contributed by atoms with Gasteiger partial charge < -0.3 is 21.1 Å². The van der Waals surface area contributed by atoms with E-state index in [1.807, 2.05) is 24.3 Å². The molecule has 1 saturated heterocycles. The lowest BCUT2D eigenvalue weighted by Crippen LogP contribution is -2.49. The van der Waals surface area contributed by atoms with E-state index in [9.17, 15) is 9.90 Å². The molecule has 3 unspecified atom stereocenters. The number of anilines is 2. The Labute approximate surface area is 220 Å². The number of rotatable bonds is 11. The lowest BCUT2D eigenvalue weighted by Gasteiger charge is -2.44. The van der Waals surface area contributed by atoms with Gasteiger partial charge in [0.05, 0.1) is 18.4 Å². The molecule has 0 bridgehead atoms. The fourth-order valence-electron chi connectivity index (χ4n) is 4.92. The summed E-state index contributed by atoms with van der Waals surface area (Å²) in [4.78, 5) is 19.2. The number of aliphatic hydroxyl groups excluding tert-OH is 1. The number of allylic oxidation sites excluding steroid dienone is 3. The quantitative estimate of drug-likeness (QED) is 0.154. The Balaban J connectivity index is 1.71. The topological polar surface area (TPSA) is 115 Å². The van der Waals surface area contributed by atoms with Gasteiger partial charge in [-0.2, -0.15) is 0 Å². The van der Waals surface area contributed by atoms with Crippen LogP contribution in [0.3, 0.4) is 0 Å². The number of nitrogens with one attached hydrogen (secondary N) is 2. The van der Waals surface area contributed by atoms with Crippen LogP contribution < -0.4 is 16.0 Å². The van der Waals surface area contributed by atoms with Gasteiger partial charge in [0.1, 0.15) is 0 Å². The molecule has 196 valence electrons. The van der Waals surface area contributed by atoms with Crippen LogP contribution in [0.4, 0.5) is 11.4 Å². The number of hydrogen-bond acceptors (Lipinski definition) is 6. The van der Waals surface area contributed by atoms with E-state index in [0.717, 1.165) is 36.9 Å². The molecule has 0 aromatic heterocycles. The van der Waals surface area contributed by atoms with Crippen LogP contribution in [0.25, 0.3) is 0 Å². The maximum absolute atomic E-state index is 12.6. The number of aliphatic hydroxyl groups is 1. The first kappa shape index (κ1) is 27.9. The summed E-state index contributed by atoms with van der Waals surface area (Å²) in [5.41, 5.74) is 9.71. The average Bonchev–Trinajstić information content (AvgIpc) is 2.88.